The summed E-state index contributed by atoms with van der Waals surface area (Å²) in [6, 6.07) is 3.47. The Labute approximate surface area is 116 Å². The molecule has 1 aromatic rings. The van der Waals surface area contributed by atoms with Crippen LogP contribution in [0.5, 0.6) is 0 Å². The molecule has 98 valence electrons. The summed E-state index contributed by atoms with van der Waals surface area (Å²) in [6.45, 7) is 2.99. The third kappa shape index (κ3) is 3.78. The van der Waals surface area contributed by atoms with E-state index in [-0.39, 0.29) is 5.91 Å². The largest absolute Gasteiger partial charge is 0.352 e. The van der Waals surface area contributed by atoms with E-state index in [4.69, 9.17) is 0 Å². The molecule has 0 aliphatic carbocycles. The molecule has 0 spiro atoms. The molecule has 2 rings (SSSR count). The van der Waals surface area contributed by atoms with Gasteiger partial charge in [0.1, 0.15) is 4.60 Å². The van der Waals surface area contributed by atoms with Crippen molar-refractivity contribution in [3.05, 3.63) is 28.5 Å². The highest BCUT2D eigenvalue weighted by atomic mass is 79.9. The van der Waals surface area contributed by atoms with Crippen LogP contribution in [0.25, 0.3) is 0 Å². The summed E-state index contributed by atoms with van der Waals surface area (Å²) < 4.78 is 0.688. The Morgan fingerprint density at radius 1 is 1.67 bits per heavy atom. The van der Waals surface area contributed by atoms with Crippen LogP contribution in [0.4, 0.5) is 0 Å². The maximum absolute atomic E-state index is 11.9. The van der Waals surface area contributed by atoms with Gasteiger partial charge in [-0.15, -0.1) is 0 Å². The van der Waals surface area contributed by atoms with Gasteiger partial charge in [-0.25, -0.2) is 4.98 Å². The summed E-state index contributed by atoms with van der Waals surface area (Å²) in [5.41, 5.74) is 0.654. The number of halogens is 1. The fourth-order valence-corrected chi connectivity index (χ4v) is 2.69. The first-order valence-electron chi connectivity index (χ1n) is 6.23. The lowest BCUT2D eigenvalue weighted by Gasteiger charge is -2.29. The zero-order chi connectivity index (χ0) is 13.0. The van der Waals surface area contributed by atoms with Crippen molar-refractivity contribution in [2.24, 2.45) is 5.92 Å². The number of nitrogens with one attached hydrogen (secondary N) is 1. The fourth-order valence-electron chi connectivity index (χ4n) is 2.32. The first kappa shape index (κ1) is 13.5. The minimum Gasteiger partial charge on any atom is -0.352 e. The average Bonchev–Trinajstić information content (AvgIpc) is 2.36. The van der Waals surface area contributed by atoms with Gasteiger partial charge < -0.3 is 10.2 Å². The number of nitrogens with zero attached hydrogens (tertiary/aromatic N) is 2. The van der Waals surface area contributed by atoms with E-state index in [0.717, 1.165) is 13.1 Å². The van der Waals surface area contributed by atoms with E-state index in [0.29, 0.717) is 16.1 Å². The topological polar surface area (TPSA) is 45.2 Å². The summed E-state index contributed by atoms with van der Waals surface area (Å²) in [6.07, 6.45) is 4.05. The molecule has 4 nitrogen and oxygen atoms in total. The lowest BCUT2D eigenvalue weighted by atomic mass is 9.98. The van der Waals surface area contributed by atoms with Gasteiger partial charge in [0.2, 0.25) is 0 Å². The Hall–Kier alpha value is -0.940. The molecular weight excluding hydrogens is 294 g/mol. The lowest BCUT2D eigenvalue weighted by molar-refractivity contribution is 0.0936. The van der Waals surface area contributed by atoms with Crippen LogP contribution >= 0.6 is 15.9 Å². The van der Waals surface area contributed by atoms with E-state index in [2.05, 4.69) is 38.2 Å². The number of hydrogen-bond acceptors (Lipinski definition) is 3. The Morgan fingerprint density at radius 2 is 2.50 bits per heavy atom. The number of pyridine rings is 1. The van der Waals surface area contributed by atoms with Crippen molar-refractivity contribution in [2.45, 2.75) is 12.8 Å². The monoisotopic (exact) mass is 311 g/mol. The highest BCUT2D eigenvalue weighted by Crippen LogP contribution is 2.14. The quantitative estimate of drug-likeness (QED) is 0.867. The van der Waals surface area contributed by atoms with E-state index in [1.165, 1.54) is 19.4 Å². The van der Waals surface area contributed by atoms with Crippen molar-refractivity contribution in [3.63, 3.8) is 0 Å². The third-order valence-corrected chi connectivity index (χ3v) is 3.70. The molecule has 1 N–H and O–H groups in total. The second kappa shape index (κ2) is 6.29. The first-order valence-corrected chi connectivity index (χ1v) is 7.03. The molecule has 0 radical (unpaired) electrons. The summed E-state index contributed by atoms with van der Waals surface area (Å²) in [4.78, 5) is 18.3. The van der Waals surface area contributed by atoms with Crippen molar-refractivity contribution in [1.29, 1.82) is 0 Å². The van der Waals surface area contributed by atoms with Crippen LogP contribution in [0, 0.1) is 5.92 Å². The summed E-state index contributed by atoms with van der Waals surface area (Å²) in [7, 11) is 2.13. The number of likely N-dealkylation sites (tertiary alicyclic amines) is 1. The van der Waals surface area contributed by atoms with Gasteiger partial charge in [0.25, 0.3) is 5.91 Å². The lowest BCUT2D eigenvalue weighted by Crippen LogP contribution is -2.39. The summed E-state index contributed by atoms with van der Waals surface area (Å²) in [5, 5.41) is 3.00. The second-order valence-electron chi connectivity index (χ2n) is 4.85. The van der Waals surface area contributed by atoms with Gasteiger partial charge in [0.15, 0.2) is 0 Å². The number of aromatic nitrogens is 1. The molecule has 1 amide bonds. The van der Waals surface area contributed by atoms with Crippen LogP contribution in [-0.2, 0) is 0 Å². The number of carbonyl (C=O) groups is 1. The smallest absolute Gasteiger partial charge is 0.251 e. The minimum atomic E-state index is -0.0219. The standard InChI is InChI=1S/C13H18BrN3O/c1-17-6-2-3-10(9-17)8-16-13(18)11-4-5-15-12(14)7-11/h4-5,7,10H,2-3,6,8-9H2,1H3,(H,16,18). The van der Waals surface area contributed by atoms with Crippen molar-refractivity contribution >= 4 is 21.8 Å². The van der Waals surface area contributed by atoms with Gasteiger partial charge >= 0.3 is 0 Å². The molecule has 1 aliphatic rings. The van der Waals surface area contributed by atoms with Crippen molar-refractivity contribution in [3.8, 4) is 0 Å². The van der Waals surface area contributed by atoms with Crippen molar-refractivity contribution < 1.29 is 4.79 Å². The third-order valence-electron chi connectivity index (χ3n) is 3.26. The molecule has 18 heavy (non-hydrogen) atoms. The molecule has 2 heterocycles. The number of carbonyl (C=O) groups excluding carboxylic acids is 1. The molecule has 1 aliphatic heterocycles. The van der Waals surface area contributed by atoms with Crippen LogP contribution < -0.4 is 5.32 Å². The van der Waals surface area contributed by atoms with Crippen molar-refractivity contribution in [2.75, 3.05) is 26.7 Å². The van der Waals surface area contributed by atoms with E-state index >= 15 is 0 Å². The van der Waals surface area contributed by atoms with Crippen LogP contribution in [0.3, 0.4) is 0 Å². The summed E-state index contributed by atoms with van der Waals surface area (Å²) in [5.74, 6) is 0.546. The fraction of sp³-hybridized carbons (Fsp3) is 0.538. The van der Waals surface area contributed by atoms with E-state index < -0.39 is 0 Å². The predicted octanol–water partition coefficient (Wildman–Crippen LogP) is 1.92. The van der Waals surface area contributed by atoms with Crippen molar-refractivity contribution in [1.82, 2.24) is 15.2 Å². The van der Waals surface area contributed by atoms with Crippen LogP contribution in [0.2, 0.25) is 0 Å². The highest BCUT2D eigenvalue weighted by Gasteiger charge is 2.18. The molecule has 1 fully saturated rings. The van der Waals surface area contributed by atoms with E-state index in [1.54, 1.807) is 18.3 Å². The average molecular weight is 312 g/mol. The Kier molecular flexibility index (Phi) is 4.72. The summed E-state index contributed by atoms with van der Waals surface area (Å²) >= 11 is 3.27. The number of amides is 1. The second-order valence-corrected chi connectivity index (χ2v) is 5.66. The number of hydrogen-bond donors (Lipinski definition) is 1. The van der Waals surface area contributed by atoms with Gasteiger partial charge in [-0.05, 0) is 60.4 Å². The predicted molar refractivity (Wildman–Crippen MR) is 74.5 cm³/mol. The van der Waals surface area contributed by atoms with Gasteiger partial charge in [0, 0.05) is 24.8 Å². The Morgan fingerprint density at radius 3 is 3.22 bits per heavy atom. The molecule has 1 aromatic heterocycles. The van der Waals surface area contributed by atoms with Gasteiger partial charge in [0.05, 0.1) is 0 Å². The van der Waals surface area contributed by atoms with Gasteiger partial charge in [-0.2, -0.15) is 0 Å². The molecule has 0 aromatic carbocycles. The Balaban J connectivity index is 1.84. The number of piperidine rings is 1. The molecule has 0 bridgehead atoms. The number of rotatable bonds is 3. The minimum absolute atomic E-state index is 0.0219. The van der Waals surface area contributed by atoms with Crippen LogP contribution in [-0.4, -0.2) is 42.5 Å². The van der Waals surface area contributed by atoms with Gasteiger partial charge in [-0.1, -0.05) is 0 Å². The molecular formula is C13H18BrN3O. The Bertz CT molecular complexity index is 424. The maximum atomic E-state index is 11.9. The zero-order valence-electron chi connectivity index (χ0n) is 10.5. The maximum Gasteiger partial charge on any atom is 0.251 e. The highest BCUT2D eigenvalue weighted by molar-refractivity contribution is 9.10. The molecule has 1 unspecified atom stereocenters. The molecule has 0 saturated carbocycles. The SMILES string of the molecule is CN1CCCC(CNC(=O)c2ccnc(Br)c2)C1. The molecule has 1 atom stereocenters. The van der Waals surface area contributed by atoms with Crippen LogP contribution in [0.1, 0.15) is 23.2 Å². The van der Waals surface area contributed by atoms with E-state index in [1.807, 2.05) is 0 Å². The van der Waals surface area contributed by atoms with Crippen LogP contribution in [0.15, 0.2) is 22.9 Å². The molecule has 1 saturated heterocycles. The first-order chi connectivity index (χ1) is 8.65. The zero-order valence-corrected chi connectivity index (χ0v) is 12.1. The van der Waals surface area contributed by atoms with E-state index in [9.17, 15) is 4.79 Å². The normalized spacial score (nSPS) is 20.7. The molecule has 5 heteroatoms. The van der Waals surface area contributed by atoms with Gasteiger partial charge in [-0.3, -0.25) is 4.79 Å².